The van der Waals surface area contributed by atoms with Crippen LogP contribution in [0, 0.1) is 11.6 Å². The van der Waals surface area contributed by atoms with E-state index in [9.17, 15) is 12.8 Å². The van der Waals surface area contributed by atoms with Gasteiger partial charge in [0.2, 0.25) is 0 Å². The zero-order chi connectivity index (χ0) is 34.6. The van der Waals surface area contributed by atoms with Gasteiger partial charge in [-0.05, 0) is 73.6 Å². The highest BCUT2D eigenvalue weighted by atomic mass is 35.5. The number of ether oxygens (including phenoxy) is 2. The lowest BCUT2D eigenvalue weighted by molar-refractivity contribution is -0.0421. The number of rotatable bonds is 13. The van der Waals surface area contributed by atoms with E-state index in [-0.39, 0.29) is 35.7 Å². The maximum Gasteiger partial charge on any atom is 0.179 e. The number of fused-ring (bicyclic) bond motifs is 1. The normalized spacial score (nSPS) is 16.5. The number of aromatic nitrogens is 2. The van der Waals surface area contributed by atoms with Crippen LogP contribution in [0.4, 0.5) is 20.3 Å². The van der Waals surface area contributed by atoms with Gasteiger partial charge in [0.1, 0.15) is 36.1 Å². The van der Waals surface area contributed by atoms with Crippen molar-refractivity contribution < 1.29 is 26.7 Å². The number of hydrogen-bond donors (Lipinski definition) is 1. The predicted octanol–water partition coefficient (Wildman–Crippen LogP) is 8.20. The minimum absolute atomic E-state index is 0.104. The first-order valence-electron chi connectivity index (χ1n) is 15.8. The molecular weight excluding hydrogens is 670 g/mol. The zero-order valence-electron chi connectivity index (χ0n) is 26.9. The van der Waals surface area contributed by atoms with Gasteiger partial charge < -0.3 is 14.8 Å². The smallest absolute Gasteiger partial charge is 0.179 e. The average Bonchev–Trinajstić information content (AvgIpc) is 3.58. The molecular formula is C37H35ClF2N4O4S. The van der Waals surface area contributed by atoms with Gasteiger partial charge >= 0.3 is 0 Å². The first-order valence-corrected chi connectivity index (χ1v) is 17.8. The second-order valence-corrected chi connectivity index (χ2v) is 14.4. The molecule has 1 aliphatic heterocycles. The fraction of sp³-hybridized carbons (Fsp3) is 0.243. The third-order valence-electron chi connectivity index (χ3n) is 8.73. The van der Waals surface area contributed by atoms with Crippen LogP contribution in [-0.4, -0.2) is 48.7 Å². The molecule has 1 N–H and O–H groups in total. The molecule has 6 rings (SSSR count). The molecule has 2 atom stereocenters. The fourth-order valence-corrected chi connectivity index (χ4v) is 7.86. The summed E-state index contributed by atoms with van der Waals surface area (Å²) in [5.41, 5.74) is 0.841. The highest BCUT2D eigenvalue weighted by Crippen LogP contribution is 2.44. The van der Waals surface area contributed by atoms with Gasteiger partial charge in [-0.3, -0.25) is 4.90 Å². The molecule has 0 radical (unpaired) electrons. The van der Waals surface area contributed by atoms with Gasteiger partial charge in [0.25, 0.3) is 0 Å². The molecule has 0 spiro atoms. The average molecular weight is 705 g/mol. The lowest BCUT2D eigenvalue weighted by Gasteiger charge is -2.42. The maximum atomic E-state index is 16.1. The van der Waals surface area contributed by atoms with Crippen molar-refractivity contribution in [3.63, 3.8) is 0 Å². The molecule has 2 unspecified atom stereocenters. The molecule has 0 bridgehead atoms. The third-order valence-corrected chi connectivity index (χ3v) is 10.7. The van der Waals surface area contributed by atoms with Gasteiger partial charge in [0.15, 0.2) is 15.4 Å². The molecule has 5 aromatic rings. The molecule has 0 saturated heterocycles. The van der Waals surface area contributed by atoms with E-state index >= 15 is 4.39 Å². The number of hydrogen-bond acceptors (Lipinski definition) is 8. The number of halogens is 3. The van der Waals surface area contributed by atoms with E-state index in [1.165, 1.54) is 24.5 Å². The van der Waals surface area contributed by atoms with E-state index < -0.39 is 21.3 Å². The standard InChI is InChI=1S/C37H35ClF2N4O4S/c1-3-35(44(2)16-18-49(45,46)28-11-5-4-6-12-28)37(15-8-17-48-37)30-21-29-33(22-32(30)40)41-24-42-36(29)43-27-13-14-34(31(38)20-27)47-23-25-9-7-10-26(39)19-25/h4-14,17,19-22,24,35H,3,15-16,18,23H2,1-2H3,(H,41,42,43). The molecule has 254 valence electrons. The van der Waals surface area contributed by atoms with E-state index in [1.807, 2.05) is 24.9 Å². The molecule has 4 aromatic carbocycles. The number of anilines is 2. The van der Waals surface area contributed by atoms with Gasteiger partial charge in [0.05, 0.1) is 33.5 Å². The molecule has 1 aromatic heterocycles. The SMILES string of the molecule is CCC(N(C)CCS(=O)(=O)c1ccccc1)C1(c2cc3c(Nc4ccc(OCc5cccc(F)c5)c(Cl)c4)ncnc3cc2F)CC=CO1. The number of sulfone groups is 1. The molecule has 0 saturated carbocycles. The number of nitrogens with one attached hydrogen (secondary N) is 1. The summed E-state index contributed by atoms with van der Waals surface area (Å²) in [4.78, 5) is 11.0. The molecule has 49 heavy (non-hydrogen) atoms. The van der Waals surface area contributed by atoms with Crippen molar-refractivity contribution >= 4 is 43.8 Å². The van der Waals surface area contributed by atoms with Crippen LogP contribution >= 0.6 is 11.6 Å². The third kappa shape index (κ3) is 7.39. The van der Waals surface area contributed by atoms with E-state index in [2.05, 4.69) is 15.3 Å². The quantitative estimate of drug-likeness (QED) is 0.131. The Morgan fingerprint density at radius 2 is 1.86 bits per heavy atom. The van der Waals surface area contributed by atoms with Crippen molar-refractivity contribution in [1.82, 2.24) is 14.9 Å². The molecule has 1 aliphatic rings. The summed E-state index contributed by atoms with van der Waals surface area (Å²) in [5, 5.41) is 4.16. The Hall–Kier alpha value is -4.58. The van der Waals surface area contributed by atoms with Crippen LogP contribution in [0.5, 0.6) is 5.75 Å². The summed E-state index contributed by atoms with van der Waals surface area (Å²) < 4.78 is 67.9. The first-order chi connectivity index (χ1) is 23.6. The monoisotopic (exact) mass is 704 g/mol. The number of benzene rings is 4. The lowest BCUT2D eigenvalue weighted by atomic mass is 9.81. The Bertz CT molecular complexity index is 2090. The van der Waals surface area contributed by atoms with Gasteiger partial charge in [-0.25, -0.2) is 27.2 Å². The second-order valence-electron chi connectivity index (χ2n) is 11.9. The molecule has 0 amide bonds. The van der Waals surface area contributed by atoms with Gasteiger partial charge in [-0.2, -0.15) is 0 Å². The molecule has 8 nitrogen and oxygen atoms in total. The van der Waals surface area contributed by atoms with E-state index in [1.54, 1.807) is 73.0 Å². The Kier molecular flexibility index (Phi) is 10.1. The van der Waals surface area contributed by atoms with Crippen molar-refractivity contribution in [3.8, 4) is 5.75 Å². The van der Waals surface area contributed by atoms with Crippen LogP contribution in [0.1, 0.15) is 30.9 Å². The summed E-state index contributed by atoms with van der Waals surface area (Å²) in [6, 6.07) is 22.3. The second kappa shape index (κ2) is 14.5. The summed E-state index contributed by atoms with van der Waals surface area (Å²) in [5.74, 6) is -0.0976. The van der Waals surface area contributed by atoms with Crippen molar-refractivity contribution in [1.29, 1.82) is 0 Å². The van der Waals surface area contributed by atoms with Crippen molar-refractivity contribution in [2.75, 3.05) is 24.7 Å². The molecule has 2 heterocycles. The number of likely N-dealkylation sites (N-methyl/N-ethyl adjacent to an activating group) is 1. The largest absolute Gasteiger partial charge is 0.488 e. The first kappa shape index (κ1) is 34.3. The van der Waals surface area contributed by atoms with E-state index in [0.29, 0.717) is 57.1 Å². The Morgan fingerprint density at radius 3 is 2.57 bits per heavy atom. The van der Waals surface area contributed by atoms with Crippen LogP contribution in [0.3, 0.4) is 0 Å². The van der Waals surface area contributed by atoms with E-state index in [0.717, 1.165) is 0 Å². The highest BCUT2D eigenvalue weighted by Gasteiger charge is 2.46. The van der Waals surface area contributed by atoms with Crippen molar-refractivity contribution in [2.45, 2.75) is 42.9 Å². The molecule has 12 heteroatoms. The maximum absolute atomic E-state index is 16.1. The highest BCUT2D eigenvalue weighted by molar-refractivity contribution is 7.91. The fourth-order valence-electron chi connectivity index (χ4n) is 6.29. The minimum atomic E-state index is -3.53. The van der Waals surface area contributed by atoms with Gasteiger partial charge in [-0.15, -0.1) is 0 Å². The van der Waals surface area contributed by atoms with E-state index in [4.69, 9.17) is 21.1 Å². The van der Waals surface area contributed by atoms with Crippen LogP contribution < -0.4 is 10.1 Å². The summed E-state index contributed by atoms with van der Waals surface area (Å²) >= 11 is 6.54. The Labute approximate surface area is 289 Å². The van der Waals surface area contributed by atoms with Crippen LogP contribution in [0.25, 0.3) is 10.9 Å². The zero-order valence-corrected chi connectivity index (χ0v) is 28.5. The van der Waals surface area contributed by atoms with Crippen LogP contribution in [0.2, 0.25) is 5.02 Å². The Balaban J connectivity index is 1.26. The van der Waals surface area contributed by atoms with Crippen LogP contribution in [-0.2, 0) is 26.8 Å². The summed E-state index contributed by atoms with van der Waals surface area (Å²) in [6.45, 7) is 2.33. The minimum Gasteiger partial charge on any atom is -0.488 e. The topological polar surface area (TPSA) is 93.7 Å². The van der Waals surface area contributed by atoms with Gasteiger partial charge in [0, 0.05) is 35.7 Å². The summed E-state index contributed by atoms with van der Waals surface area (Å²) in [6.07, 6.45) is 5.71. The predicted molar refractivity (Wildman–Crippen MR) is 187 cm³/mol. The molecule has 0 aliphatic carbocycles. The molecule has 0 fully saturated rings. The van der Waals surface area contributed by atoms with Crippen molar-refractivity contribution in [2.24, 2.45) is 0 Å². The number of nitrogens with zero attached hydrogens (tertiary/aromatic N) is 3. The Morgan fingerprint density at radius 1 is 1.04 bits per heavy atom. The lowest BCUT2D eigenvalue weighted by Crippen LogP contribution is -2.50. The summed E-state index contributed by atoms with van der Waals surface area (Å²) in [7, 11) is -1.69. The van der Waals surface area contributed by atoms with Gasteiger partial charge in [-0.1, -0.05) is 48.9 Å². The van der Waals surface area contributed by atoms with Crippen molar-refractivity contribution in [3.05, 3.63) is 131 Å². The van der Waals surface area contributed by atoms with Crippen LogP contribution in [0.15, 0.2) is 108 Å².